The largest absolute Gasteiger partial charge is 0.478 e. The molecular formula is C16H16N2O2. The lowest BCUT2D eigenvalue weighted by Crippen LogP contribution is -2.11. The number of carbonyl (C=O) groups is 1. The third-order valence-electron chi connectivity index (χ3n) is 3.85. The van der Waals surface area contributed by atoms with Gasteiger partial charge in [-0.2, -0.15) is 0 Å². The number of hydrogen-bond donors (Lipinski definition) is 2. The molecule has 1 heterocycles. The summed E-state index contributed by atoms with van der Waals surface area (Å²) in [5.74, 6) is -0.893. The first-order chi connectivity index (χ1) is 9.66. The molecule has 102 valence electrons. The third kappa shape index (κ3) is 2.13. The van der Waals surface area contributed by atoms with Crippen LogP contribution in [0.1, 0.15) is 39.6 Å². The van der Waals surface area contributed by atoms with Crippen molar-refractivity contribution in [3.05, 3.63) is 58.9 Å². The molecule has 2 N–H and O–H groups in total. The molecular weight excluding hydrogens is 252 g/mol. The van der Waals surface area contributed by atoms with Crippen molar-refractivity contribution in [2.75, 3.05) is 5.32 Å². The Hall–Kier alpha value is -2.36. The van der Waals surface area contributed by atoms with E-state index < -0.39 is 5.97 Å². The van der Waals surface area contributed by atoms with E-state index in [4.69, 9.17) is 5.11 Å². The van der Waals surface area contributed by atoms with E-state index in [9.17, 15) is 4.79 Å². The van der Waals surface area contributed by atoms with Crippen LogP contribution in [-0.4, -0.2) is 16.1 Å². The van der Waals surface area contributed by atoms with Gasteiger partial charge >= 0.3 is 5.97 Å². The van der Waals surface area contributed by atoms with Crippen molar-refractivity contribution in [3.63, 3.8) is 0 Å². The smallest absolute Gasteiger partial charge is 0.336 e. The van der Waals surface area contributed by atoms with Gasteiger partial charge in [-0.05, 0) is 49.1 Å². The van der Waals surface area contributed by atoms with Gasteiger partial charge in [-0.15, -0.1) is 0 Å². The van der Waals surface area contributed by atoms with Crippen LogP contribution in [0.4, 0.5) is 5.69 Å². The van der Waals surface area contributed by atoms with Crippen LogP contribution in [0.25, 0.3) is 0 Å². The molecule has 3 rings (SSSR count). The molecule has 2 aromatic rings. The highest BCUT2D eigenvalue weighted by Crippen LogP contribution is 2.33. The highest BCUT2D eigenvalue weighted by atomic mass is 16.4. The first-order valence-corrected chi connectivity index (χ1v) is 6.70. The van der Waals surface area contributed by atoms with E-state index in [-0.39, 0.29) is 6.04 Å². The van der Waals surface area contributed by atoms with Crippen LogP contribution < -0.4 is 5.32 Å². The standard InChI is InChI=1S/C16H16N2O2/c1-10-12(16(19)20)5-2-6-13(10)18-14-8-7-11-4-3-9-17-15(11)14/h2-6,9,14,18H,7-8H2,1H3,(H,19,20). The van der Waals surface area contributed by atoms with Crippen molar-refractivity contribution in [2.24, 2.45) is 0 Å². The van der Waals surface area contributed by atoms with E-state index in [1.807, 2.05) is 19.1 Å². The van der Waals surface area contributed by atoms with Gasteiger partial charge in [-0.1, -0.05) is 12.1 Å². The van der Waals surface area contributed by atoms with Crippen LogP contribution in [0.5, 0.6) is 0 Å². The summed E-state index contributed by atoms with van der Waals surface area (Å²) < 4.78 is 0. The Morgan fingerprint density at radius 1 is 1.35 bits per heavy atom. The molecule has 4 nitrogen and oxygen atoms in total. The normalized spacial score (nSPS) is 16.8. The SMILES string of the molecule is Cc1c(NC2CCc3cccnc32)cccc1C(=O)O. The van der Waals surface area contributed by atoms with Gasteiger partial charge in [0.25, 0.3) is 0 Å². The van der Waals surface area contributed by atoms with Crippen molar-refractivity contribution in [2.45, 2.75) is 25.8 Å². The lowest BCUT2D eigenvalue weighted by atomic mass is 10.1. The highest BCUT2D eigenvalue weighted by Gasteiger charge is 2.24. The molecule has 0 bridgehead atoms. The number of rotatable bonds is 3. The van der Waals surface area contributed by atoms with E-state index in [0.29, 0.717) is 5.56 Å². The fraction of sp³-hybridized carbons (Fsp3) is 0.250. The molecule has 20 heavy (non-hydrogen) atoms. The molecule has 4 heteroatoms. The van der Waals surface area contributed by atoms with Crippen LogP contribution in [0, 0.1) is 6.92 Å². The van der Waals surface area contributed by atoms with Gasteiger partial charge in [-0.3, -0.25) is 4.98 Å². The van der Waals surface area contributed by atoms with E-state index >= 15 is 0 Å². The zero-order valence-corrected chi connectivity index (χ0v) is 11.3. The number of carboxylic acids is 1. The van der Waals surface area contributed by atoms with Crippen molar-refractivity contribution in [1.82, 2.24) is 4.98 Å². The molecule has 1 aliphatic carbocycles. The molecule has 0 aliphatic heterocycles. The second-order valence-corrected chi connectivity index (χ2v) is 5.07. The van der Waals surface area contributed by atoms with Crippen molar-refractivity contribution >= 4 is 11.7 Å². The number of carboxylic acid groups (broad SMARTS) is 1. The number of nitrogens with zero attached hydrogens (tertiary/aromatic N) is 1. The summed E-state index contributed by atoms with van der Waals surface area (Å²) in [6, 6.07) is 9.54. The van der Waals surface area contributed by atoms with Gasteiger partial charge < -0.3 is 10.4 Å². The zero-order chi connectivity index (χ0) is 14.1. The molecule has 1 aromatic heterocycles. The molecule has 1 aromatic carbocycles. The number of hydrogen-bond acceptors (Lipinski definition) is 3. The minimum atomic E-state index is -0.893. The number of aryl methyl sites for hydroxylation is 1. The molecule has 0 radical (unpaired) electrons. The Morgan fingerprint density at radius 2 is 2.20 bits per heavy atom. The fourth-order valence-electron chi connectivity index (χ4n) is 2.76. The minimum Gasteiger partial charge on any atom is -0.478 e. The lowest BCUT2D eigenvalue weighted by Gasteiger charge is -2.17. The Bertz CT molecular complexity index is 667. The number of fused-ring (bicyclic) bond motifs is 1. The number of benzene rings is 1. The van der Waals surface area contributed by atoms with Crippen LogP contribution in [0.15, 0.2) is 36.5 Å². The van der Waals surface area contributed by atoms with Crippen molar-refractivity contribution in [1.29, 1.82) is 0 Å². The van der Waals surface area contributed by atoms with Crippen molar-refractivity contribution < 1.29 is 9.90 Å². The fourth-order valence-corrected chi connectivity index (χ4v) is 2.76. The summed E-state index contributed by atoms with van der Waals surface area (Å²) in [4.78, 5) is 15.6. The number of nitrogens with one attached hydrogen (secondary N) is 1. The molecule has 1 atom stereocenters. The molecule has 1 aliphatic rings. The Morgan fingerprint density at radius 3 is 3.00 bits per heavy atom. The summed E-state index contributed by atoms with van der Waals surface area (Å²) in [6.07, 6.45) is 3.81. The van der Waals surface area contributed by atoms with Gasteiger partial charge in [0.2, 0.25) is 0 Å². The number of pyridine rings is 1. The topological polar surface area (TPSA) is 62.2 Å². The summed E-state index contributed by atoms with van der Waals surface area (Å²) >= 11 is 0. The predicted octanol–water partition coefficient (Wildman–Crippen LogP) is 3.19. The van der Waals surface area contributed by atoms with Crippen molar-refractivity contribution in [3.8, 4) is 0 Å². The summed E-state index contributed by atoms with van der Waals surface area (Å²) in [6.45, 7) is 1.83. The van der Waals surface area contributed by atoms with E-state index in [1.165, 1.54) is 5.56 Å². The van der Waals surface area contributed by atoms with E-state index in [0.717, 1.165) is 29.8 Å². The van der Waals surface area contributed by atoms with Crippen LogP contribution in [0.3, 0.4) is 0 Å². The highest BCUT2D eigenvalue weighted by molar-refractivity contribution is 5.91. The second-order valence-electron chi connectivity index (χ2n) is 5.07. The monoisotopic (exact) mass is 268 g/mol. The Kier molecular flexibility index (Phi) is 3.14. The van der Waals surface area contributed by atoms with E-state index in [2.05, 4.69) is 16.4 Å². The first-order valence-electron chi connectivity index (χ1n) is 6.70. The van der Waals surface area contributed by atoms with Gasteiger partial charge in [0.05, 0.1) is 17.3 Å². The van der Waals surface area contributed by atoms with Crippen LogP contribution >= 0.6 is 0 Å². The van der Waals surface area contributed by atoms with Gasteiger partial charge in [0.1, 0.15) is 0 Å². The molecule has 0 amide bonds. The maximum absolute atomic E-state index is 11.2. The lowest BCUT2D eigenvalue weighted by molar-refractivity contribution is 0.0696. The second kappa shape index (κ2) is 4.96. The Balaban J connectivity index is 1.90. The summed E-state index contributed by atoms with van der Waals surface area (Å²) in [5.41, 5.74) is 4.33. The molecule has 0 saturated heterocycles. The Labute approximate surface area is 117 Å². The maximum atomic E-state index is 11.2. The number of aromatic nitrogens is 1. The first kappa shape index (κ1) is 12.7. The molecule has 1 unspecified atom stereocenters. The number of anilines is 1. The average Bonchev–Trinajstić information content (AvgIpc) is 2.84. The van der Waals surface area contributed by atoms with Gasteiger partial charge in [0.15, 0.2) is 0 Å². The number of aromatic carboxylic acids is 1. The predicted molar refractivity (Wildman–Crippen MR) is 77.1 cm³/mol. The van der Waals surface area contributed by atoms with Gasteiger partial charge in [-0.25, -0.2) is 4.79 Å². The quantitative estimate of drug-likeness (QED) is 0.897. The summed E-state index contributed by atoms with van der Waals surface area (Å²) in [5, 5.41) is 12.6. The zero-order valence-electron chi connectivity index (χ0n) is 11.3. The van der Waals surface area contributed by atoms with E-state index in [1.54, 1.807) is 18.3 Å². The van der Waals surface area contributed by atoms with Crippen LogP contribution in [0.2, 0.25) is 0 Å². The molecule has 0 fully saturated rings. The van der Waals surface area contributed by atoms with Crippen LogP contribution in [-0.2, 0) is 6.42 Å². The third-order valence-corrected chi connectivity index (χ3v) is 3.85. The molecule has 0 saturated carbocycles. The molecule has 0 spiro atoms. The average molecular weight is 268 g/mol. The van der Waals surface area contributed by atoms with Gasteiger partial charge in [0, 0.05) is 11.9 Å². The minimum absolute atomic E-state index is 0.161. The maximum Gasteiger partial charge on any atom is 0.336 e. The summed E-state index contributed by atoms with van der Waals surface area (Å²) in [7, 11) is 0.